The van der Waals surface area contributed by atoms with Gasteiger partial charge in [0.2, 0.25) is 0 Å². The number of fused-ring (bicyclic) bond motifs is 3. The Morgan fingerprint density at radius 2 is 2.07 bits per heavy atom. The lowest BCUT2D eigenvalue weighted by atomic mass is 10.0. The first-order valence-electron chi connectivity index (χ1n) is 9.25. The summed E-state index contributed by atoms with van der Waals surface area (Å²) >= 11 is 1.61. The van der Waals surface area contributed by atoms with Crippen LogP contribution in [0.15, 0.2) is 40.8 Å². The monoisotopic (exact) mass is 410 g/mol. The molecule has 1 atom stereocenters. The average Bonchev–Trinajstić information content (AvgIpc) is 3.32. The van der Waals surface area contributed by atoms with Crippen molar-refractivity contribution in [1.82, 2.24) is 10.2 Å². The number of nitrogens with one attached hydrogen (secondary N) is 2. The number of hydrogen-bond acceptors (Lipinski definition) is 7. The highest BCUT2D eigenvalue weighted by Gasteiger charge is 2.34. The van der Waals surface area contributed by atoms with Crippen LogP contribution in [0.4, 0.5) is 10.7 Å². The molecule has 2 aliphatic heterocycles. The summed E-state index contributed by atoms with van der Waals surface area (Å²) in [6.45, 7) is 1.78. The number of carbonyl (C=O) groups is 1. The minimum Gasteiger partial charge on any atom is -0.457 e. The minimum absolute atomic E-state index is 0.0219. The molecule has 3 aromatic rings. The van der Waals surface area contributed by atoms with Gasteiger partial charge in [0.15, 0.2) is 6.17 Å². The smallest absolute Gasteiger partial charge is 0.280 e. The first-order chi connectivity index (χ1) is 14.0. The van der Waals surface area contributed by atoms with Crippen molar-refractivity contribution < 1.29 is 14.1 Å². The Hall–Kier alpha value is -3.17. The molecule has 0 aliphatic carbocycles. The summed E-state index contributed by atoms with van der Waals surface area (Å²) in [6.07, 6.45) is 0.337. The Bertz CT molecular complexity index is 1140. The van der Waals surface area contributed by atoms with Crippen molar-refractivity contribution in [3.05, 3.63) is 68.3 Å². The fourth-order valence-electron chi connectivity index (χ4n) is 3.88. The predicted octanol–water partition coefficient (Wildman–Crippen LogP) is 3.76. The number of hydrogen-bond donors (Lipinski definition) is 2. The van der Waals surface area contributed by atoms with Crippen LogP contribution in [0, 0.1) is 10.1 Å². The van der Waals surface area contributed by atoms with Crippen molar-refractivity contribution in [2.75, 3.05) is 18.9 Å². The van der Waals surface area contributed by atoms with E-state index in [0.717, 1.165) is 35.6 Å². The highest BCUT2D eigenvalue weighted by molar-refractivity contribution is 7.16. The Kier molecular flexibility index (Phi) is 4.14. The molecule has 9 heteroatoms. The summed E-state index contributed by atoms with van der Waals surface area (Å²) in [4.78, 5) is 27.1. The summed E-state index contributed by atoms with van der Waals surface area (Å²) in [5, 5.41) is 18.5. The summed E-state index contributed by atoms with van der Waals surface area (Å²) in [7, 11) is 2.07. The molecule has 1 aromatic carbocycles. The summed E-state index contributed by atoms with van der Waals surface area (Å²) in [6, 6.07) is 9.86. The van der Waals surface area contributed by atoms with Gasteiger partial charge in [0.05, 0.1) is 16.1 Å². The van der Waals surface area contributed by atoms with Gasteiger partial charge in [0, 0.05) is 24.0 Å². The lowest BCUT2D eigenvalue weighted by molar-refractivity contribution is -0.384. The molecule has 0 fully saturated rings. The van der Waals surface area contributed by atoms with Crippen LogP contribution in [-0.2, 0) is 13.0 Å². The van der Waals surface area contributed by atoms with Crippen molar-refractivity contribution in [2.45, 2.75) is 19.1 Å². The molecule has 4 heterocycles. The number of nitro groups is 1. The number of carbonyl (C=O) groups excluding carboxylic acids is 1. The molecule has 0 bridgehead atoms. The summed E-state index contributed by atoms with van der Waals surface area (Å²) < 4.78 is 5.90. The normalized spacial score (nSPS) is 18.5. The number of amides is 1. The van der Waals surface area contributed by atoms with Crippen molar-refractivity contribution in [3.63, 3.8) is 0 Å². The molecule has 0 unspecified atom stereocenters. The molecule has 1 amide bonds. The van der Waals surface area contributed by atoms with Crippen LogP contribution in [0.2, 0.25) is 0 Å². The van der Waals surface area contributed by atoms with E-state index in [1.54, 1.807) is 41.7 Å². The van der Waals surface area contributed by atoms with Crippen LogP contribution in [0.25, 0.3) is 11.3 Å². The SMILES string of the molecule is CN1CCc2c(sc3c2C(=O)N[C@H](c2ccc(-c4ccccc4[N+](=O)[O-])o2)N3)C1. The minimum atomic E-state index is -0.524. The van der Waals surface area contributed by atoms with Crippen LogP contribution >= 0.6 is 11.3 Å². The van der Waals surface area contributed by atoms with E-state index in [1.165, 1.54) is 10.9 Å². The maximum Gasteiger partial charge on any atom is 0.280 e. The maximum absolute atomic E-state index is 12.8. The molecule has 0 saturated carbocycles. The molecule has 29 heavy (non-hydrogen) atoms. The van der Waals surface area contributed by atoms with Crippen molar-refractivity contribution in [1.29, 1.82) is 0 Å². The van der Waals surface area contributed by atoms with Gasteiger partial charge >= 0.3 is 0 Å². The number of nitro benzene ring substituents is 1. The second-order valence-electron chi connectivity index (χ2n) is 7.22. The number of benzene rings is 1. The van der Waals surface area contributed by atoms with Crippen LogP contribution in [0.1, 0.15) is 32.7 Å². The second kappa shape index (κ2) is 6.71. The molecular formula is C20H18N4O4S. The Morgan fingerprint density at radius 3 is 2.90 bits per heavy atom. The van der Waals surface area contributed by atoms with Gasteiger partial charge in [-0.05, 0) is 37.2 Å². The van der Waals surface area contributed by atoms with Gasteiger partial charge in [0.1, 0.15) is 16.5 Å². The van der Waals surface area contributed by atoms with E-state index >= 15 is 0 Å². The lowest BCUT2D eigenvalue weighted by Gasteiger charge is -2.26. The van der Waals surface area contributed by atoms with E-state index in [2.05, 4.69) is 22.6 Å². The number of thiophene rings is 1. The largest absolute Gasteiger partial charge is 0.457 e. The topological polar surface area (TPSA) is 101 Å². The Labute approximate surface area is 170 Å². The number of para-hydroxylation sites is 1. The van der Waals surface area contributed by atoms with E-state index in [9.17, 15) is 14.9 Å². The number of rotatable bonds is 3. The van der Waals surface area contributed by atoms with Crippen LogP contribution in [-0.4, -0.2) is 29.3 Å². The molecular weight excluding hydrogens is 392 g/mol. The molecule has 2 aromatic heterocycles. The third-order valence-electron chi connectivity index (χ3n) is 5.30. The van der Waals surface area contributed by atoms with E-state index in [-0.39, 0.29) is 11.6 Å². The third kappa shape index (κ3) is 2.99. The number of nitrogens with zero attached hydrogens (tertiary/aromatic N) is 2. The quantitative estimate of drug-likeness (QED) is 0.504. The third-order valence-corrected chi connectivity index (χ3v) is 6.45. The summed E-state index contributed by atoms with van der Waals surface area (Å²) in [5.41, 5.74) is 2.25. The lowest BCUT2D eigenvalue weighted by Crippen LogP contribution is -2.38. The Balaban J connectivity index is 1.46. The average molecular weight is 410 g/mol. The van der Waals surface area contributed by atoms with Crippen LogP contribution < -0.4 is 10.6 Å². The zero-order valence-electron chi connectivity index (χ0n) is 15.6. The molecule has 5 rings (SSSR count). The highest BCUT2D eigenvalue weighted by Crippen LogP contribution is 2.41. The van der Waals surface area contributed by atoms with Crippen LogP contribution in [0.3, 0.4) is 0 Å². The molecule has 148 valence electrons. The molecule has 2 aliphatic rings. The van der Waals surface area contributed by atoms with Crippen molar-refractivity contribution in [2.24, 2.45) is 0 Å². The maximum atomic E-state index is 12.8. The Morgan fingerprint density at radius 1 is 1.24 bits per heavy atom. The first kappa shape index (κ1) is 17.9. The van der Waals surface area contributed by atoms with Gasteiger partial charge in [-0.1, -0.05) is 12.1 Å². The number of furan rings is 1. The van der Waals surface area contributed by atoms with Gasteiger partial charge in [0.25, 0.3) is 11.6 Å². The fraction of sp³-hybridized carbons (Fsp3) is 0.250. The molecule has 2 N–H and O–H groups in total. The number of anilines is 1. The summed E-state index contributed by atoms with van der Waals surface area (Å²) in [5.74, 6) is 0.774. The molecule has 0 spiro atoms. The van der Waals surface area contributed by atoms with Crippen molar-refractivity contribution in [3.8, 4) is 11.3 Å². The molecule has 0 saturated heterocycles. The van der Waals surface area contributed by atoms with E-state index in [0.29, 0.717) is 17.1 Å². The fourth-order valence-corrected chi connectivity index (χ4v) is 5.23. The first-order valence-corrected chi connectivity index (χ1v) is 10.1. The highest BCUT2D eigenvalue weighted by atomic mass is 32.1. The standard InChI is InChI=1S/C20H18N4O4S/c1-23-9-8-12-16(10-23)29-20-17(12)19(25)21-18(22-20)15-7-6-14(28-15)11-4-2-3-5-13(11)24(26)27/h2-7,18,22H,8-10H2,1H3,(H,21,25)/t18-/m0/s1. The van der Waals surface area contributed by atoms with Gasteiger partial charge in [-0.15, -0.1) is 11.3 Å². The van der Waals surface area contributed by atoms with E-state index in [4.69, 9.17) is 4.42 Å². The van der Waals surface area contributed by atoms with Gasteiger partial charge in [-0.25, -0.2) is 0 Å². The number of likely N-dealkylation sites (N-methyl/N-ethyl adjacent to an activating group) is 1. The molecule has 8 nitrogen and oxygen atoms in total. The van der Waals surface area contributed by atoms with E-state index in [1.807, 2.05) is 0 Å². The predicted molar refractivity (Wildman–Crippen MR) is 109 cm³/mol. The zero-order valence-corrected chi connectivity index (χ0v) is 16.4. The van der Waals surface area contributed by atoms with Crippen LogP contribution in [0.5, 0.6) is 0 Å². The van der Waals surface area contributed by atoms with E-state index < -0.39 is 11.1 Å². The second-order valence-corrected chi connectivity index (χ2v) is 8.33. The zero-order chi connectivity index (χ0) is 20.1. The molecule has 0 radical (unpaired) electrons. The van der Waals surface area contributed by atoms with Crippen molar-refractivity contribution >= 4 is 27.9 Å². The van der Waals surface area contributed by atoms with Gasteiger partial charge < -0.3 is 20.0 Å². The van der Waals surface area contributed by atoms with Gasteiger partial charge in [-0.3, -0.25) is 14.9 Å². The van der Waals surface area contributed by atoms with Gasteiger partial charge in [-0.2, -0.15) is 0 Å².